The molecule has 0 fully saturated rings. The zero-order chi connectivity index (χ0) is 19.8. The predicted octanol–water partition coefficient (Wildman–Crippen LogP) is 3.95. The van der Waals surface area contributed by atoms with Crippen LogP contribution in [0.25, 0.3) is 16.7 Å². The number of hydrogen-bond acceptors (Lipinski definition) is 6. The zero-order valence-electron chi connectivity index (χ0n) is 15.6. The summed E-state index contributed by atoms with van der Waals surface area (Å²) in [5.41, 5.74) is 2.56. The second kappa shape index (κ2) is 6.97. The van der Waals surface area contributed by atoms with Gasteiger partial charge in [0.15, 0.2) is 16.7 Å². The zero-order valence-corrected chi connectivity index (χ0v) is 16.4. The lowest BCUT2D eigenvalue weighted by molar-refractivity contribution is 0.101. The van der Waals surface area contributed by atoms with Crippen LogP contribution in [-0.2, 0) is 0 Å². The van der Waals surface area contributed by atoms with Gasteiger partial charge in [0.25, 0.3) is 5.91 Å². The molecule has 0 radical (unpaired) electrons. The molecule has 4 aromatic rings. The number of hydrogen-bond donors (Lipinski definition) is 1. The van der Waals surface area contributed by atoms with Gasteiger partial charge in [-0.2, -0.15) is 5.10 Å². The highest BCUT2D eigenvalue weighted by molar-refractivity contribution is 7.17. The van der Waals surface area contributed by atoms with Crippen molar-refractivity contribution in [1.29, 1.82) is 0 Å². The number of carbonyl (C=O) groups excluding carboxylic acids is 2. The number of fused-ring (bicyclic) bond motifs is 1. The molecule has 0 unspecified atom stereocenters. The Bertz CT molecular complexity index is 1220. The minimum absolute atomic E-state index is 0.0677. The number of Topliss-reactive ketones (excluding diaryl/α,β-unsaturated/α-hetero) is 1. The van der Waals surface area contributed by atoms with Crippen molar-refractivity contribution in [2.75, 3.05) is 5.32 Å². The van der Waals surface area contributed by atoms with Crippen LogP contribution in [0.3, 0.4) is 0 Å². The van der Waals surface area contributed by atoms with Gasteiger partial charge < -0.3 is 0 Å². The molecular weight excluding hydrogens is 374 g/mol. The molecule has 1 aromatic carbocycles. The lowest BCUT2D eigenvalue weighted by Crippen LogP contribution is -2.13. The molecule has 0 aliphatic rings. The number of nitrogens with one attached hydrogen (secondary N) is 1. The molecule has 1 amide bonds. The summed E-state index contributed by atoms with van der Waals surface area (Å²) in [6, 6.07) is 11.7. The van der Waals surface area contributed by atoms with E-state index in [9.17, 15) is 9.59 Å². The SMILES string of the molecule is CC(=O)c1sc(NC(=O)c2cnn(-c3ccc4ccccc4n3)c2C)nc1C. The molecule has 3 aromatic heterocycles. The van der Waals surface area contributed by atoms with Gasteiger partial charge in [0.1, 0.15) is 0 Å². The fourth-order valence-electron chi connectivity index (χ4n) is 2.98. The summed E-state index contributed by atoms with van der Waals surface area (Å²) < 4.78 is 1.63. The maximum atomic E-state index is 12.7. The number of amides is 1. The van der Waals surface area contributed by atoms with E-state index >= 15 is 0 Å². The van der Waals surface area contributed by atoms with E-state index < -0.39 is 0 Å². The number of aromatic nitrogens is 4. The first-order valence-corrected chi connectivity index (χ1v) is 9.46. The van der Waals surface area contributed by atoms with Crippen molar-refractivity contribution in [3.05, 3.63) is 64.4 Å². The van der Waals surface area contributed by atoms with E-state index in [-0.39, 0.29) is 11.7 Å². The van der Waals surface area contributed by atoms with Crippen molar-refractivity contribution < 1.29 is 9.59 Å². The minimum atomic E-state index is -0.326. The summed E-state index contributed by atoms with van der Waals surface area (Å²) in [6.07, 6.45) is 1.51. The maximum absolute atomic E-state index is 12.7. The Kier molecular flexibility index (Phi) is 4.48. The fraction of sp³-hybridized carbons (Fsp3) is 0.150. The number of ketones is 1. The quantitative estimate of drug-likeness (QED) is 0.532. The molecule has 0 bridgehead atoms. The maximum Gasteiger partial charge on any atom is 0.260 e. The molecule has 4 rings (SSSR count). The largest absolute Gasteiger partial charge is 0.298 e. The molecule has 0 saturated heterocycles. The van der Waals surface area contributed by atoms with Crippen LogP contribution in [0.15, 0.2) is 42.6 Å². The molecule has 7 nitrogen and oxygen atoms in total. The predicted molar refractivity (Wildman–Crippen MR) is 108 cm³/mol. The van der Waals surface area contributed by atoms with E-state index in [1.807, 2.05) is 43.3 Å². The van der Waals surface area contributed by atoms with E-state index in [1.165, 1.54) is 24.5 Å². The monoisotopic (exact) mass is 391 g/mol. The Morgan fingerprint density at radius 1 is 1.07 bits per heavy atom. The van der Waals surface area contributed by atoms with Gasteiger partial charge in [0.2, 0.25) is 0 Å². The third kappa shape index (κ3) is 3.18. The van der Waals surface area contributed by atoms with E-state index in [2.05, 4.69) is 20.4 Å². The Morgan fingerprint density at radius 2 is 1.86 bits per heavy atom. The highest BCUT2D eigenvalue weighted by Gasteiger charge is 2.19. The Morgan fingerprint density at radius 3 is 2.61 bits per heavy atom. The molecular formula is C20H17N5O2S. The number of aryl methyl sites for hydroxylation is 1. The molecule has 0 spiro atoms. The van der Waals surface area contributed by atoms with Gasteiger partial charge in [-0.3, -0.25) is 14.9 Å². The average Bonchev–Trinajstić information content (AvgIpc) is 3.24. The Hall–Kier alpha value is -3.39. The Labute approximate surface area is 165 Å². The summed E-state index contributed by atoms with van der Waals surface area (Å²) in [6.45, 7) is 5.04. The third-order valence-electron chi connectivity index (χ3n) is 4.39. The number of para-hydroxylation sites is 1. The van der Waals surface area contributed by atoms with Crippen molar-refractivity contribution in [2.24, 2.45) is 0 Å². The number of benzene rings is 1. The van der Waals surface area contributed by atoms with Gasteiger partial charge in [-0.05, 0) is 32.0 Å². The standard InChI is InChI=1S/C20H17N5O2S/c1-11-18(13(3)26)28-20(22-11)24-19(27)15-10-21-25(12(15)2)17-9-8-14-6-4-5-7-16(14)23-17/h4-10H,1-3H3,(H,22,24,27). The van der Waals surface area contributed by atoms with Gasteiger partial charge in [-0.25, -0.2) is 14.6 Å². The summed E-state index contributed by atoms with van der Waals surface area (Å²) in [5, 5.41) is 8.51. The van der Waals surface area contributed by atoms with Crippen LogP contribution in [0, 0.1) is 13.8 Å². The van der Waals surface area contributed by atoms with Crippen LogP contribution in [-0.4, -0.2) is 31.4 Å². The topological polar surface area (TPSA) is 89.8 Å². The average molecular weight is 391 g/mol. The van der Waals surface area contributed by atoms with Gasteiger partial charge in [0, 0.05) is 12.3 Å². The molecule has 0 saturated carbocycles. The highest BCUT2D eigenvalue weighted by atomic mass is 32.1. The number of rotatable bonds is 4. The summed E-state index contributed by atoms with van der Waals surface area (Å²) >= 11 is 1.17. The van der Waals surface area contributed by atoms with E-state index in [1.54, 1.807) is 11.6 Å². The van der Waals surface area contributed by atoms with Crippen molar-refractivity contribution in [3.63, 3.8) is 0 Å². The number of anilines is 1. The first kappa shape index (κ1) is 18.0. The van der Waals surface area contributed by atoms with Crippen molar-refractivity contribution in [2.45, 2.75) is 20.8 Å². The first-order chi connectivity index (χ1) is 13.4. The molecule has 0 atom stereocenters. The number of pyridine rings is 1. The van der Waals surface area contributed by atoms with Crippen LogP contribution in [0.1, 0.15) is 38.3 Å². The van der Waals surface area contributed by atoms with Crippen LogP contribution in [0.4, 0.5) is 5.13 Å². The Balaban J connectivity index is 1.63. The highest BCUT2D eigenvalue weighted by Crippen LogP contribution is 2.24. The van der Waals surface area contributed by atoms with E-state index in [0.717, 1.165) is 10.9 Å². The fourth-order valence-corrected chi connectivity index (χ4v) is 3.83. The van der Waals surface area contributed by atoms with Crippen LogP contribution in [0.2, 0.25) is 0 Å². The summed E-state index contributed by atoms with van der Waals surface area (Å²) in [4.78, 5) is 33.7. The second-order valence-electron chi connectivity index (χ2n) is 6.36. The van der Waals surface area contributed by atoms with Crippen LogP contribution < -0.4 is 5.32 Å². The van der Waals surface area contributed by atoms with Crippen molar-refractivity contribution >= 4 is 39.1 Å². The van der Waals surface area contributed by atoms with Gasteiger partial charge in [-0.1, -0.05) is 29.5 Å². The molecule has 140 valence electrons. The van der Waals surface area contributed by atoms with Gasteiger partial charge in [0.05, 0.1) is 33.5 Å². The number of nitrogens with zero attached hydrogens (tertiary/aromatic N) is 4. The van der Waals surface area contributed by atoms with Crippen molar-refractivity contribution in [1.82, 2.24) is 19.7 Å². The van der Waals surface area contributed by atoms with Crippen LogP contribution >= 0.6 is 11.3 Å². The molecule has 1 N–H and O–H groups in total. The summed E-state index contributed by atoms with van der Waals surface area (Å²) in [5.74, 6) is 0.245. The van der Waals surface area contributed by atoms with E-state index in [4.69, 9.17) is 0 Å². The third-order valence-corrected chi connectivity index (χ3v) is 5.57. The summed E-state index contributed by atoms with van der Waals surface area (Å²) in [7, 11) is 0. The van der Waals surface area contributed by atoms with Crippen molar-refractivity contribution in [3.8, 4) is 5.82 Å². The molecule has 8 heteroatoms. The molecule has 3 heterocycles. The van der Waals surface area contributed by atoms with Crippen LogP contribution in [0.5, 0.6) is 0 Å². The van der Waals surface area contributed by atoms with Gasteiger partial charge in [-0.15, -0.1) is 0 Å². The lowest BCUT2D eigenvalue weighted by Gasteiger charge is -2.06. The second-order valence-corrected chi connectivity index (χ2v) is 7.36. The minimum Gasteiger partial charge on any atom is -0.298 e. The number of thiazole rings is 1. The lowest BCUT2D eigenvalue weighted by atomic mass is 10.2. The first-order valence-electron chi connectivity index (χ1n) is 8.64. The molecule has 0 aliphatic carbocycles. The molecule has 0 aliphatic heterocycles. The van der Waals surface area contributed by atoms with E-state index in [0.29, 0.717) is 32.8 Å². The smallest absolute Gasteiger partial charge is 0.260 e. The molecule has 28 heavy (non-hydrogen) atoms. The number of carbonyl (C=O) groups is 2. The normalized spacial score (nSPS) is 11.0. The van der Waals surface area contributed by atoms with Gasteiger partial charge >= 0.3 is 0 Å².